The van der Waals surface area contributed by atoms with Gasteiger partial charge < -0.3 is 14.2 Å². The molecule has 0 N–H and O–H groups in total. The van der Waals surface area contributed by atoms with Crippen molar-refractivity contribution in [3.63, 3.8) is 0 Å². The van der Waals surface area contributed by atoms with Crippen LogP contribution in [-0.4, -0.2) is 29.4 Å². The molecule has 0 saturated carbocycles. The molecule has 1 heterocycles. The molecule has 0 aliphatic heterocycles. The van der Waals surface area contributed by atoms with E-state index in [1.807, 2.05) is 24.3 Å². The molecule has 0 spiro atoms. The Labute approximate surface area is 135 Å². The van der Waals surface area contributed by atoms with Gasteiger partial charge in [-0.3, -0.25) is 4.79 Å². The Kier molecular flexibility index (Phi) is 5.48. The second-order valence-electron chi connectivity index (χ2n) is 5.22. The van der Waals surface area contributed by atoms with Crippen molar-refractivity contribution in [2.24, 2.45) is 0 Å². The highest BCUT2D eigenvalue weighted by Gasteiger charge is 2.30. The first-order valence-electron chi connectivity index (χ1n) is 6.93. The first-order chi connectivity index (χ1) is 10.7. The van der Waals surface area contributed by atoms with E-state index in [0.717, 1.165) is 11.3 Å². The lowest BCUT2D eigenvalue weighted by atomic mass is 10.2. The van der Waals surface area contributed by atoms with Crippen molar-refractivity contribution in [3.8, 4) is 5.75 Å². The molecule has 0 saturated heterocycles. The summed E-state index contributed by atoms with van der Waals surface area (Å²) in [5.41, 5.74) is 1.80. The van der Waals surface area contributed by atoms with Crippen LogP contribution in [0.15, 0.2) is 34.4 Å². The van der Waals surface area contributed by atoms with Crippen LogP contribution >= 0.6 is 11.3 Å². The lowest BCUT2D eigenvalue weighted by Crippen LogP contribution is -2.26. The molecular weight excluding hydrogens is 329 g/mol. The molecule has 2 rings (SSSR count). The molecule has 0 bridgehead atoms. The van der Waals surface area contributed by atoms with Crippen LogP contribution in [0.3, 0.4) is 0 Å². The highest BCUT2D eigenvalue weighted by atomic mass is 32.1. The molecule has 0 amide bonds. The number of aryl methyl sites for hydroxylation is 1. The third-order valence-corrected chi connectivity index (χ3v) is 4.17. The van der Waals surface area contributed by atoms with Crippen molar-refractivity contribution in [1.82, 2.24) is 9.47 Å². The first-order valence-corrected chi connectivity index (χ1v) is 7.81. The standard InChI is InChI=1S/C15H17F3N2O2S/c1-11-10-23-14(21)20(11)8-7-19(2)9-12-3-5-13(6-4-12)22-15(16,17)18/h3-6,10H,7-9H2,1-2H3. The summed E-state index contributed by atoms with van der Waals surface area (Å²) in [6.07, 6.45) is -4.68. The van der Waals surface area contributed by atoms with Crippen molar-refractivity contribution in [2.75, 3.05) is 13.6 Å². The molecule has 0 radical (unpaired) electrons. The summed E-state index contributed by atoms with van der Waals surface area (Å²) in [6.45, 7) is 3.71. The molecule has 0 aliphatic carbocycles. The van der Waals surface area contributed by atoms with Gasteiger partial charge in [0.25, 0.3) is 0 Å². The first kappa shape index (κ1) is 17.6. The SMILES string of the molecule is Cc1csc(=O)n1CCN(C)Cc1ccc(OC(F)(F)F)cc1. The Morgan fingerprint density at radius 2 is 1.91 bits per heavy atom. The van der Waals surface area contributed by atoms with Crippen LogP contribution in [0.25, 0.3) is 0 Å². The zero-order valence-electron chi connectivity index (χ0n) is 12.8. The number of nitrogens with zero attached hydrogens (tertiary/aromatic N) is 2. The van der Waals surface area contributed by atoms with Gasteiger partial charge in [-0.25, -0.2) is 0 Å². The summed E-state index contributed by atoms with van der Waals surface area (Å²) in [5.74, 6) is -0.232. The lowest BCUT2D eigenvalue weighted by molar-refractivity contribution is -0.274. The highest BCUT2D eigenvalue weighted by Crippen LogP contribution is 2.22. The average molecular weight is 346 g/mol. The number of hydrogen-bond acceptors (Lipinski definition) is 4. The van der Waals surface area contributed by atoms with Gasteiger partial charge in [0.05, 0.1) is 0 Å². The number of alkyl halides is 3. The van der Waals surface area contributed by atoms with E-state index in [2.05, 4.69) is 4.74 Å². The molecule has 4 nitrogen and oxygen atoms in total. The van der Waals surface area contributed by atoms with Crippen molar-refractivity contribution in [1.29, 1.82) is 0 Å². The number of aromatic nitrogens is 1. The summed E-state index contributed by atoms with van der Waals surface area (Å²) in [7, 11) is 1.90. The summed E-state index contributed by atoms with van der Waals surface area (Å²) >= 11 is 1.18. The number of benzene rings is 1. The number of ether oxygens (including phenoxy) is 1. The summed E-state index contributed by atoms with van der Waals surface area (Å²) in [5, 5.41) is 1.82. The minimum atomic E-state index is -4.68. The maximum atomic E-state index is 12.1. The fourth-order valence-corrected chi connectivity index (χ4v) is 2.89. The molecule has 0 fully saturated rings. The summed E-state index contributed by atoms with van der Waals surface area (Å²) < 4.78 is 41.8. The van der Waals surface area contributed by atoms with Crippen molar-refractivity contribution in [2.45, 2.75) is 26.4 Å². The second kappa shape index (κ2) is 7.18. The zero-order chi connectivity index (χ0) is 17.0. The monoisotopic (exact) mass is 346 g/mol. The smallest absolute Gasteiger partial charge is 0.406 e. The predicted molar refractivity (Wildman–Crippen MR) is 82.8 cm³/mol. The molecule has 8 heteroatoms. The van der Waals surface area contributed by atoms with Crippen LogP contribution in [0.2, 0.25) is 0 Å². The van der Waals surface area contributed by atoms with E-state index in [1.54, 1.807) is 16.7 Å². The Morgan fingerprint density at radius 3 is 2.43 bits per heavy atom. The minimum Gasteiger partial charge on any atom is -0.406 e. The van der Waals surface area contributed by atoms with Gasteiger partial charge in [0.1, 0.15) is 5.75 Å². The van der Waals surface area contributed by atoms with Crippen LogP contribution in [-0.2, 0) is 13.1 Å². The Hall–Kier alpha value is -1.80. The van der Waals surface area contributed by atoms with Gasteiger partial charge in [0, 0.05) is 30.7 Å². The Balaban J connectivity index is 1.88. The normalized spacial score (nSPS) is 11.9. The van der Waals surface area contributed by atoms with Gasteiger partial charge in [0.15, 0.2) is 0 Å². The molecule has 1 aromatic heterocycles. The molecule has 0 atom stereocenters. The number of halogens is 3. The van der Waals surface area contributed by atoms with Crippen LogP contribution < -0.4 is 9.61 Å². The summed E-state index contributed by atoms with van der Waals surface area (Å²) in [6, 6.07) is 5.79. The van der Waals surface area contributed by atoms with Crippen LogP contribution in [0.5, 0.6) is 5.75 Å². The fraction of sp³-hybridized carbons (Fsp3) is 0.400. The maximum Gasteiger partial charge on any atom is 0.573 e. The number of hydrogen-bond donors (Lipinski definition) is 0. The minimum absolute atomic E-state index is 0.0181. The molecule has 2 aromatic rings. The van der Waals surface area contributed by atoms with E-state index >= 15 is 0 Å². The van der Waals surface area contributed by atoms with E-state index in [-0.39, 0.29) is 10.6 Å². The molecule has 1 aromatic carbocycles. The van der Waals surface area contributed by atoms with Crippen molar-refractivity contribution >= 4 is 11.3 Å². The zero-order valence-corrected chi connectivity index (χ0v) is 13.6. The van der Waals surface area contributed by atoms with Gasteiger partial charge >= 0.3 is 11.2 Å². The quantitative estimate of drug-likeness (QED) is 0.805. The Bertz CT molecular complexity index is 692. The summed E-state index contributed by atoms with van der Waals surface area (Å²) in [4.78, 5) is 13.6. The van der Waals surface area contributed by atoms with Crippen LogP contribution in [0.1, 0.15) is 11.3 Å². The highest BCUT2D eigenvalue weighted by molar-refractivity contribution is 7.07. The van der Waals surface area contributed by atoms with Crippen molar-refractivity contribution in [3.05, 3.63) is 50.6 Å². The largest absolute Gasteiger partial charge is 0.573 e. The van der Waals surface area contributed by atoms with Gasteiger partial charge in [-0.15, -0.1) is 13.2 Å². The van der Waals surface area contributed by atoms with E-state index in [0.29, 0.717) is 19.6 Å². The topological polar surface area (TPSA) is 34.5 Å². The third-order valence-electron chi connectivity index (χ3n) is 3.29. The number of rotatable bonds is 6. The van der Waals surface area contributed by atoms with Crippen molar-refractivity contribution < 1.29 is 17.9 Å². The van der Waals surface area contributed by atoms with E-state index in [4.69, 9.17) is 0 Å². The lowest BCUT2D eigenvalue weighted by Gasteiger charge is -2.17. The van der Waals surface area contributed by atoms with E-state index < -0.39 is 6.36 Å². The maximum absolute atomic E-state index is 12.1. The fourth-order valence-electron chi connectivity index (χ4n) is 2.13. The van der Waals surface area contributed by atoms with Gasteiger partial charge in [0.2, 0.25) is 0 Å². The molecular formula is C15H17F3N2O2S. The molecule has 0 unspecified atom stereocenters. The van der Waals surface area contributed by atoms with Crippen LogP contribution in [0.4, 0.5) is 13.2 Å². The van der Waals surface area contributed by atoms with Gasteiger partial charge in [-0.1, -0.05) is 23.5 Å². The number of likely N-dealkylation sites (N-methyl/N-ethyl adjacent to an activating group) is 1. The molecule has 23 heavy (non-hydrogen) atoms. The molecule has 126 valence electrons. The third kappa shape index (κ3) is 5.40. The molecule has 0 aliphatic rings. The van der Waals surface area contributed by atoms with E-state index in [9.17, 15) is 18.0 Å². The Morgan fingerprint density at radius 1 is 1.26 bits per heavy atom. The van der Waals surface area contributed by atoms with Crippen LogP contribution in [0, 0.1) is 6.92 Å². The van der Waals surface area contributed by atoms with Gasteiger partial charge in [-0.05, 0) is 31.7 Å². The van der Waals surface area contributed by atoms with Gasteiger partial charge in [-0.2, -0.15) is 0 Å². The second-order valence-corrected chi connectivity index (χ2v) is 6.04. The number of thiazole rings is 1. The predicted octanol–water partition coefficient (Wildman–Crippen LogP) is 3.25. The van der Waals surface area contributed by atoms with E-state index in [1.165, 1.54) is 23.5 Å². The average Bonchev–Trinajstić information content (AvgIpc) is 2.76.